The topological polar surface area (TPSA) is 41.1 Å². The molecule has 0 aromatic carbocycles. The highest BCUT2D eigenvalue weighted by atomic mass is 15.3. The molecular formula is C12H20N4. The summed E-state index contributed by atoms with van der Waals surface area (Å²) < 4.78 is 0. The second-order valence-corrected chi connectivity index (χ2v) is 4.29. The summed E-state index contributed by atoms with van der Waals surface area (Å²) in [4.78, 5) is 11.4. The van der Waals surface area contributed by atoms with E-state index in [0.29, 0.717) is 0 Å². The molecule has 0 amide bonds. The molecule has 1 aliphatic heterocycles. The third-order valence-corrected chi connectivity index (χ3v) is 2.80. The summed E-state index contributed by atoms with van der Waals surface area (Å²) in [6.07, 6.45) is 2.18. The van der Waals surface area contributed by atoms with E-state index in [-0.39, 0.29) is 0 Å². The number of hydrogen-bond acceptors (Lipinski definition) is 4. The molecule has 0 spiro atoms. The van der Waals surface area contributed by atoms with Crippen molar-refractivity contribution >= 4 is 5.95 Å². The van der Waals surface area contributed by atoms with Crippen LogP contribution < -0.4 is 10.2 Å². The van der Waals surface area contributed by atoms with Crippen LogP contribution in [0.25, 0.3) is 0 Å². The molecule has 2 rings (SSSR count). The highest BCUT2D eigenvalue weighted by molar-refractivity contribution is 5.33. The fourth-order valence-electron chi connectivity index (χ4n) is 2.01. The summed E-state index contributed by atoms with van der Waals surface area (Å²) in [5, 5.41) is 3.34. The van der Waals surface area contributed by atoms with E-state index >= 15 is 0 Å². The first kappa shape index (κ1) is 11.3. The summed E-state index contributed by atoms with van der Waals surface area (Å²) >= 11 is 0. The summed E-state index contributed by atoms with van der Waals surface area (Å²) in [6.45, 7) is 8.30. The first-order valence-corrected chi connectivity index (χ1v) is 6.10. The number of anilines is 1. The van der Waals surface area contributed by atoms with Gasteiger partial charge in [0.2, 0.25) is 5.95 Å². The first-order valence-electron chi connectivity index (χ1n) is 6.10. The van der Waals surface area contributed by atoms with Crippen LogP contribution in [0.2, 0.25) is 0 Å². The van der Waals surface area contributed by atoms with E-state index in [1.165, 1.54) is 5.69 Å². The summed E-state index contributed by atoms with van der Waals surface area (Å²) in [5.74, 6) is 0.907. The second kappa shape index (κ2) is 5.25. The number of piperazine rings is 1. The van der Waals surface area contributed by atoms with Gasteiger partial charge in [-0.3, -0.25) is 0 Å². The van der Waals surface area contributed by atoms with Gasteiger partial charge < -0.3 is 10.2 Å². The summed E-state index contributed by atoms with van der Waals surface area (Å²) in [5.41, 5.74) is 2.25. The molecule has 1 aromatic heterocycles. The van der Waals surface area contributed by atoms with Crippen LogP contribution >= 0.6 is 0 Å². The third kappa shape index (κ3) is 2.70. The number of aromatic nitrogens is 2. The zero-order valence-electron chi connectivity index (χ0n) is 10.2. The molecule has 0 aliphatic carbocycles. The van der Waals surface area contributed by atoms with E-state index in [1.807, 2.05) is 6.92 Å². The average molecular weight is 220 g/mol. The van der Waals surface area contributed by atoms with Crippen molar-refractivity contribution < 1.29 is 0 Å². The number of nitrogens with zero attached hydrogens (tertiary/aromatic N) is 3. The molecule has 0 atom stereocenters. The van der Waals surface area contributed by atoms with Gasteiger partial charge >= 0.3 is 0 Å². The fraction of sp³-hybridized carbons (Fsp3) is 0.667. The van der Waals surface area contributed by atoms with Crippen LogP contribution in [0, 0.1) is 6.92 Å². The number of nitrogens with one attached hydrogen (secondary N) is 1. The minimum Gasteiger partial charge on any atom is -0.338 e. The number of hydrogen-bond donors (Lipinski definition) is 1. The van der Waals surface area contributed by atoms with Gasteiger partial charge in [-0.05, 0) is 19.4 Å². The lowest BCUT2D eigenvalue weighted by Crippen LogP contribution is -2.44. The van der Waals surface area contributed by atoms with Gasteiger partial charge in [-0.15, -0.1) is 0 Å². The van der Waals surface area contributed by atoms with Crippen LogP contribution in [-0.4, -0.2) is 36.1 Å². The van der Waals surface area contributed by atoms with Crippen molar-refractivity contribution in [2.45, 2.75) is 26.7 Å². The number of aryl methyl sites for hydroxylation is 2. The molecule has 1 fully saturated rings. The molecule has 0 saturated carbocycles. The third-order valence-electron chi connectivity index (χ3n) is 2.80. The van der Waals surface area contributed by atoms with E-state index < -0.39 is 0 Å². The van der Waals surface area contributed by atoms with Crippen LogP contribution in [0.1, 0.15) is 24.7 Å². The van der Waals surface area contributed by atoms with Crippen molar-refractivity contribution in [1.82, 2.24) is 15.3 Å². The molecular weight excluding hydrogens is 200 g/mol. The van der Waals surface area contributed by atoms with Crippen molar-refractivity contribution in [3.63, 3.8) is 0 Å². The molecule has 0 bridgehead atoms. The monoisotopic (exact) mass is 220 g/mol. The zero-order chi connectivity index (χ0) is 11.4. The SMILES string of the molecule is CCCc1cc(C)nc(N2CCNCC2)n1. The van der Waals surface area contributed by atoms with Crippen LogP contribution in [0.4, 0.5) is 5.95 Å². The van der Waals surface area contributed by atoms with Crippen LogP contribution in [0.15, 0.2) is 6.07 Å². The van der Waals surface area contributed by atoms with Crippen LogP contribution in [-0.2, 0) is 6.42 Å². The minimum absolute atomic E-state index is 0.907. The average Bonchev–Trinajstić information content (AvgIpc) is 2.30. The van der Waals surface area contributed by atoms with Gasteiger partial charge in [0.05, 0.1) is 0 Å². The highest BCUT2D eigenvalue weighted by Gasteiger charge is 2.13. The molecule has 2 heterocycles. The Bertz CT molecular complexity index is 345. The maximum absolute atomic E-state index is 4.63. The standard InChI is InChI=1S/C12H20N4/c1-3-4-11-9-10(2)14-12(15-11)16-7-5-13-6-8-16/h9,13H,3-8H2,1-2H3. The van der Waals surface area contributed by atoms with E-state index in [2.05, 4.69) is 33.2 Å². The predicted octanol–water partition coefficient (Wildman–Crippen LogP) is 1.15. The Morgan fingerprint density at radius 2 is 2.06 bits per heavy atom. The maximum Gasteiger partial charge on any atom is 0.225 e. The Balaban J connectivity index is 2.18. The molecule has 0 radical (unpaired) electrons. The Kier molecular flexibility index (Phi) is 3.72. The Morgan fingerprint density at radius 1 is 1.31 bits per heavy atom. The van der Waals surface area contributed by atoms with Gasteiger partial charge in [0.1, 0.15) is 0 Å². The first-order chi connectivity index (χ1) is 7.79. The quantitative estimate of drug-likeness (QED) is 0.829. The molecule has 88 valence electrons. The summed E-state index contributed by atoms with van der Waals surface area (Å²) in [6, 6.07) is 2.09. The Morgan fingerprint density at radius 3 is 2.75 bits per heavy atom. The van der Waals surface area contributed by atoms with Crippen LogP contribution in [0.5, 0.6) is 0 Å². The van der Waals surface area contributed by atoms with E-state index in [4.69, 9.17) is 0 Å². The molecule has 1 aliphatic rings. The number of rotatable bonds is 3. The van der Waals surface area contributed by atoms with E-state index in [1.54, 1.807) is 0 Å². The molecule has 1 aromatic rings. The van der Waals surface area contributed by atoms with E-state index in [0.717, 1.165) is 50.7 Å². The van der Waals surface area contributed by atoms with Crippen molar-refractivity contribution in [3.8, 4) is 0 Å². The van der Waals surface area contributed by atoms with Gasteiger partial charge in [0.15, 0.2) is 0 Å². The van der Waals surface area contributed by atoms with Crippen molar-refractivity contribution in [2.24, 2.45) is 0 Å². The van der Waals surface area contributed by atoms with Crippen molar-refractivity contribution in [2.75, 3.05) is 31.1 Å². The van der Waals surface area contributed by atoms with Gasteiger partial charge in [0.25, 0.3) is 0 Å². The lowest BCUT2D eigenvalue weighted by molar-refractivity contribution is 0.578. The smallest absolute Gasteiger partial charge is 0.225 e. The van der Waals surface area contributed by atoms with Crippen molar-refractivity contribution in [1.29, 1.82) is 0 Å². The Labute approximate surface area is 97.1 Å². The van der Waals surface area contributed by atoms with Crippen molar-refractivity contribution in [3.05, 3.63) is 17.5 Å². The molecule has 4 nitrogen and oxygen atoms in total. The molecule has 1 N–H and O–H groups in total. The minimum atomic E-state index is 0.907. The summed E-state index contributed by atoms with van der Waals surface area (Å²) in [7, 11) is 0. The molecule has 16 heavy (non-hydrogen) atoms. The van der Waals surface area contributed by atoms with Gasteiger partial charge in [-0.1, -0.05) is 13.3 Å². The fourth-order valence-corrected chi connectivity index (χ4v) is 2.01. The largest absolute Gasteiger partial charge is 0.338 e. The lowest BCUT2D eigenvalue weighted by atomic mass is 10.2. The normalized spacial score (nSPS) is 16.5. The Hall–Kier alpha value is -1.16. The maximum atomic E-state index is 4.63. The molecule has 4 heteroatoms. The van der Waals surface area contributed by atoms with Gasteiger partial charge in [-0.2, -0.15) is 0 Å². The lowest BCUT2D eigenvalue weighted by Gasteiger charge is -2.27. The van der Waals surface area contributed by atoms with E-state index in [9.17, 15) is 0 Å². The predicted molar refractivity (Wildman–Crippen MR) is 65.8 cm³/mol. The van der Waals surface area contributed by atoms with Crippen LogP contribution in [0.3, 0.4) is 0 Å². The zero-order valence-corrected chi connectivity index (χ0v) is 10.2. The molecule has 1 saturated heterocycles. The highest BCUT2D eigenvalue weighted by Crippen LogP contribution is 2.12. The van der Waals surface area contributed by atoms with Gasteiger partial charge in [0, 0.05) is 37.6 Å². The van der Waals surface area contributed by atoms with Gasteiger partial charge in [-0.25, -0.2) is 9.97 Å². The molecule has 0 unspecified atom stereocenters. The second-order valence-electron chi connectivity index (χ2n) is 4.29.